The smallest absolute Gasteiger partial charge is 0.322 e. The highest BCUT2D eigenvalue weighted by Gasteiger charge is 2.07. The highest BCUT2D eigenvalue weighted by molar-refractivity contribution is 8.00. The molecule has 1 rings (SSSR count). The van der Waals surface area contributed by atoms with Crippen LogP contribution in [0.4, 0.5) is 8.78 Å². The van der Waals surface area contributed by atoms with E-state index in [1.54, 1.807) is 0 Å². The Morgan fingerprint density at radius 2 is 2.00 bits per heavy atom. The van der Waals surface area contributed by atoms with Crippen molar-refractivity contribution in [2.45, 2.75) is 4.90 Å². The molecule has 17 heavy (non-hydrogen) atoms. The van der Waals surface area contributed by atoms with Crippen molar-refractivity contribution in [3.05, 3.63) is 29.8 Å². The molecule has 0 fully saturated rings. The molecule has 0 aliphatic heterocycles. The fraction of sp³-hybridized carbons (Fsp3) is 0.200. The maximum atomic E-state index is 12.8. The third-order valence-electron chi connectivity index (χ3n) is 1.70. The van der Waals surface area contributed by atoms with Gasteiger partial charge in [0.25, 0.3) is 0 Å². The zero-order chi connectivity index (χ0) is 12.8. The Morgan fingerprint density at radius 3 is 2.59 bits per heavy atom. The highest BCUT2D eigenvalue weighted by Crippen LogP contribution is 2.19. The molecular formula is C10H9F2NO3S. The normalized spacial score (nSPS) is 10.0. The number of carboxylic acids is 1. The summed E-state index contributed by atoms with van der Waals surface area (Å²) in [6, 6.07) is 3.28. The second kappa shape index (κ2) is 6.19. The minimum atomic E-state index is -1.14. The number of nitrogens with one attached hydrogen (secondary N) is 1. The van der Waals surface area contributed by atoms with Crippen LogP contribution in [0, 0.1) is 11.6 Å². The van der Waals surface area contributed by atoms with Crippen molar-refractivity contribution in [1.29, 1.82) is 0 Å². The number of carbonyl (C=O) groups excluding carboxylic acids is 1. The summed E-state index contributed by atoms with van der Waals surface area (Å²) in [5.74, 6) is -3.62. The van der Waals surface area contributed by atoms with E-state index in [1.165, 1.54) is 6.07 Å². The fourth-order valence-corrected chi connectivity index (χ4v) is 1.69. The Bertz CT molecular complexity index is 440. The number of thioether (sulfide) groups is 1. The molecule has 4 nitrogen and oxygen atoms in total. The molecule has 0 aromatic heterocycles. The minimum absolute atomic E-state index is 0.0572. The molecule has 0 spiro atoms. The topological polar surface area (TPSA) is 66.4 Å². The number of benzene rings is 1. The van der Waals surface area contributed by atoms with Crippen molar-refractivity contribution in [3.63, 3.8) is 0 Å². The summed E-state index contributed by atoms with van der Waals surface area (Å²) in [7, 11) is 0. The molecule has 0 atom stereocenters. The first-order valence-corrected chi connectivity index (χ1v) is 5.54. The fourth-order valence-electron chi connectivity index (χ4n) is 0.941. The number of amides is 1. The molecule has 0 unspecified atom stereocenters. The van der Waals surface area contributed by atoms with Crippen LogP contribution in [-0.4, -0.2) is 29.3 Å². The maximum Gasteiger partial charge on any atom is 0.322 e. The predicted molar refractivity (Wildman–Crippen MR) is 57.7 cm³/mol. The van der Waals surface area contributed by atoms with Crippen molar-refractivity contribution in [1.82, 2.24) is 5.32 Å². The van der Waals surface area contributed by atoms with Crippen molar-refractivity contribution in [2.75, 3.05) is 12.3 Å². The van der Waals surface area contributed by atoms with Crippen LogP contribution in [-0.2, 0) is 9.59 Å². The van der Waals surface area contributed by atoms with Gasteiger partial charge in [-0.1, -0.05) is 0 Å². The number of hydrogen-bond donors (Lipinski definition) is 2. The summed E-state index contributed by atoms with van der Waals surface area (Å²) in [6.07, 6.45) is 0. The lowest BCUT2D eigenvalue weighted by Gasteiger charge is -2.03. The number of halogens is 2. The van der Waals surface area contributed by atoms with Gasteiger partial charge in [-0.15, -0.1) is 11.8 Å². The molecule has 0 bridgehead atoms. The predicted octanol–water partition coefficient (Wildman–Crippen LogP) is 1.26. The van der Waals surface area contributed by atoms with Gasteiger partial charge in [-0.05, 0) is 18.2 Å². The van der Waals surface area contributed by atoms with Crippen LogP contribution in [0.2, 0.25) is 0 Å². The van der Waals surface area contributed by atoms with Gasteiger partial charge >= 0.3 is 5.97 Å². The van der Waals surface area contributed by atoms with E-state index < -0.39 is 30.1 Å². The molecule has 0 radical (unpaired) electrons. The van der Waals surface area contributed by atoms with Gasteiger partial charge in [-0.2, -0.15) is 0 Å². The van der Waals surface area contributed by atoms with Gasteiger partial charge in [0.2, 0.25) is 5.91 Å². The molecule has 1 amide bonds. The third-order valence-corrected chi connectivity index (χ3v) is 2.69. The maximum absolute atomic E-state index is 12.8. The van der Waals surface area contributed by atoms with E-state index in [9.17, 15) is 18.4 Å². The Morgan fingerprint density at radius 1 is 1.29 bits per heavy atom. The van der Waals surface area contributed by atoms with Crippen LogP contribution in [0.5, 0.6) is 0 Å². The van der Waals surface area contributed by atoms with Crippen LogP contribution in [0.1, 0.15) is 0 Å². The average Bonchev–Trinajstić information content (AvgIpc) is 2.28. The second-order valence-corrected chi connectivity index (χ2v) is 4.08. The number of rotatable bonds is 5. The standard InChI is InChI=1S/C10H9F2NO3S/c11-7-2-1-6(3-8(7)12)17-5-9(14)13-4-10(15)16/h1-3H,4-5H2,(H,13,14)(H,15,16). The van der Waals surface area contributed by atoms with Crippen LogP contribution < -0.4 is 5.32 Å². The van der Waals surface area contributed by atoms with E-state index in [0.29, 0.717) is 4.90 Å². The van der Waals surface area contributed by atoms with Gasteiger partial charge in [-0.3, -0.25) is 9.59 Å². The Balaban J connectivity index is 2.42. The second-order valence-electron chi connectivity index (χ2n) is 3.04. The highest BCUT2D eigenvalue weighted by atomic mass is 32.2. The van der Waals surface area contributed by atoms with E-state index in [2.05, 4.69) is 5.32 Å². The van der Waals surface area contributed by atoms with Crippen LogP contribution in [0.15, 0.2) is 23.1 Å². The summed E-state index contributed by atoms with van der Waals surface area (Å²) in [4.78, 5) is 21.7. The molecule has 7 heteroatoms. The van der Waals surface area contributed by atoms with Crippen molar-refractivity contribution < 1.29 is 23.5 Å². The summed E-state index contributed by atoms with van der Waals surface area (Å²) < 4.78 is 25.4. The Labute approximate surface area is 100 Å². The summed E-state index contributed by atoms with van der Waals surface area (Å²) in [5, 5.41) is 10.5. The average molecular weight is 261 g/mol. The molecule has 1 aromatic carbocycles. The lowest BCUT2D eigenvalue weighted by molar-refractivity contribution is -0.137. The molecule has 2 N–H and O–H groups in total. The summed E-state index contributed by atoms with van der Waals surface area (Å²) >= 11 is 0.991. The van der Waals surface area contributed by atoms with Crippen molar-refractivity contribution in [3.8, 4) is 0 Å². The van der Waals surface area contributed by atoms with E-state index >= 15 is 0 Å². The van der Waals surface area contributed by atoms with E-state index in [0.717, 1.165) is 23.9 Å². The molecule has 0 aliphatic carbocycles. The summed E-state index contributed by atoms with van der Waals surface area (Å²) in [5.41, 5.74) is 0. The molecule has 0 saturated heterocycles. The van der Waals surface area contributed by atoms with Crippen LogP contribution in [0.25, 0.3) is 0 Å². The number of hydrogen-bond acceptors (Lipinski definition) is 3. The van der Waals surface area contributed by atoms with Crippen LogP contribution >= 0.6 is 11.8 Å². The Hall–Kier alpha value is -1.63. The Kier molecular flexibility index (Phi) is 4.89. The van der Waals surface area contributed by atoms with Gasteiger partial charge in [0.05, 0.1) is 5.75 Å². The zero-order valence-corrected chi connectivity index (χ0v) is 9.39. The molecule has 0 heterocycles. The first kappa shape index (κ1) is 13.4. The van der Waals surface area contributed by atoms with E-state index in [-0.39, 0.29) is 5.75 Å². The van der Waals surface area contributed by atoms with Crippen molar-refractivity contribution in [2.24, 2.45) is 0 Å². The number of carbonyl (C=O) groups is 2. The molecule has 0 aliphatic rings. The van der Waals surface area contributed by atoms with E-state index in [1.807, 2.05) is 0 Å². The number of aliphatic carboxylic acids is 1. The summed E-state index contributed by atoms with van der Waals surface area (Å²) in [6.45, 7) is -0.461. The number of carboxylic acid groups (broad SMARTS) is 1. The van der Waals surface area contributed by atoms with Gasteiger partial charge < -0.3 is 10.4 Å². The molecule has 0 saturated carbocycles. The van der Waals surface area contributed by atoms with Crippen LogP contribution in [0.3, 0.4) is 0 Å². The van der Waals surface area contributed by atoms with E-state index in [4.69, 9.17) is 5.11 Å². The molecule has 1 aromatic rings. The van der Waals surface area contributed by atoms with Gasteiger partial charge in [0.15, 0.2) is 11.6 Å². The zero-order valence-electron chi connectivity index (χ0n) is 8.57. The quantitative estimate of drug-likeness (QED) is 0.783. The SMILES string of the molecule is O=C(O)CNC(=O)CSc1ccc(F)c(F)c1. The largest absolute Gasteiger partial charge is 0.480 e. The van der Waals surface area contributed by atoms with Gasteiger partial charge in [-0.25, -0.2) is 8.78 Å². The van der Waals surface area contributed by atoms with Gasteiger partial charge in [0.1, 0.15) is 6.54 Å². The lowest BCUT2D eigenvalue weighted by atomic mass is 10.3. The molecular weight excluding hydrogens is 252 g/mol. The monoisotopic (exact) mass is 261 g/mol. The minimum Gasteiger partial charge on any atom is -0.480 e. The van der Waals surface area contributed by atoms with Crippen molar-refractivity contribution >= 4 is 23.6 Å². The first-order chi connectivity index (χ1) is 7.99. The molecule has 92 valence electrons. The first-order valence-electron chi connectivity index (χ1n) is 4.55. The lowest BCUT2D eigenvalue weighted by Crippen LogP contribution is -2.30. The third kappa shape index (κ3) is 4.81. The van der Waals surface area contributed by atoms with Gasteiger partial charge in [0, 0.05) is 4.90 Å².